The van der Waals surface area contributed by atoms with Gasteiger partial charge in [-0.15, -0.1) is 0 Å². The fraction of sp³-hybridized carbons (Fsp3) is 0.500. The fourth-order valence-electron chi connectivity index (χ4n) is 3.57. The van der Waals surface area contributed by atoms with Crippen molar-refractivity contribution in [3.63, 3.8) is 0 Å². The minimum atomic E-state index is -0.854. The number of carbonyl (C=O) groups is 1. The Hall–Kier alpha value is -2.36. The van der Waals surface area contributed by atoms with E-state index in [1.165, 1.54) is 0 Å². The SMILES string of the molecule is O=C(O)CCCON=C1CC2C1CC(C#CC(O)c1ccccc1)C2O. The summed E-state index contributed by atoms with van der Waals surface area (Å²) in [6, 6.07) is 9.22. The summed E-state index contributed by atoms with van der Waals surface area (Å²) in [6.45, 7) is 0.280. The molecule has 0 bridgehead atoms. The molecule has 5 unspecified atom stereocenters. The molecule has 0 aromatic heterocycles. The van der Waals surface area contributed by atoms with Crippen LogP contribution in [0.4, 0.5) is 0 Å². The van der Waals surface area contributed by atoms with Crippen LogP contribution in [-0.2, 0) is 9.63 Å². The van der Waals surface area contributed by atoms with Crippen LogP contribution in [0.3, 0.4) is 0 Å². The van der Waals surface area contributed by atoms with E-state index in [1.54, 1.807) is 0 Å². The van der Waals surface area contributed by atoms with Crippen LogP contribution in [0.15, 0.2) is 35.5 Å². The number of aliphatic carboxylic acids is 1. The molecular formula is C20H23NO5. The number of hydrogen-bond acceptors (Lipinski definition) is 5. The van der Waals surface area contributed by atoms with Gasteiger partial charge in [0.1, 0.15) is 12.7 Å². The summed E-state index contributed by atoms with van der Waals surface area (Å²) in [5.41, 5.74) is 1.66. The summed E-state index contributed by atoms with van der Waals surface area (Å²) in [6.07, 6.45) is 0.515. The lowest BCUT2D eigenvalue weighted by Crippen LogP contribution is -2.38. The minimum absolute atomic E-state index is 0.0665. The lowest BCUT2D eigenvalue weighted by atomic mass is 9.73. The van der Waals surface area contributed by atoms with Gasteiger partial charge in [0.05, 0.1) is 11.8 Å². The Morgan fingerprint density at radius 3 is 2.85 bits per heavy atom. The number of hydrogen-bond donors (Lipinski definition) is 3. The highest BCUT2D eigenvalue weighted by atomic mass is 16.6. The highest BCUT2D eigenvalue weighted by Crippen LogP contribution is 2.48. The molecule has 1 aromatic rings. The van der Waals surface area contributed by atoms with Gasteiger partial charge in [-0.3, -0.25) is 4.79 Å². The average molecular weight is 357 g/mol. The maximum atomic E-state index is 10.4. The quantitative estimate of drug-likeness (QED) is 0.411. The monoisotopic (exact) mass is 357 g/mol. The van der Waals surface area contributed by atoms with Crippen molar-refractivity contribution in [3.8, 4) is 11.8 Å². The third-order valence-corrected chi connectivity index (χ3v) is 5.08. The van der Waals surface area contributed by atoms with E-state index in [0.29, 0.717) is 19.3 Å². The second kappa shape index (κ2) is 8.35. The van der Waals surface area contributed by atoms with Gasteiger partial charge in [-0.25, -0.2) is 0 Å². The van der Waals surface area contributed by atoms with Crippen LogP contribution < -0.4 is 0 Å². The molecule has 3 N–H and O–H groups in total. The molecule has 6 nitrogen and oxygen atoms in total. The van der Waals surface area contributed by atoms with Gasteiger partial charge in [0.15, 0.2) is 0 Å². The highest BCUT2D eigenvalue weighted by Gasteiger charge is 2.51. The first-order valence-electron chi connectivity index (χ1n) is 8.89. The molecule has 138 valence electrons. The van der Waals surface area contributed by atoms with Gasteiger partial charge in [-0.05, 0) is 30.7 Å². The summed E-state index contributed by atoms with van der Waals surface area (Å²) in [5, 5.41) is 33.2. The second-order valence-corrected chi connectivity index (χ2v) is 6.82. The molecule has 1 aromatic carbocycles. The Balaban J connectivity index is 1.51. The smallest absolute Gasteiger partial charge is 0.303 e. The Kier molecular flexibility index (Phi) is 5.92. The van der Waals surface area contributed by atoms with Crippen LogP contribution >= 0.6 is 0 Å². The average Bonchev–Trinajstić information content (AvgIpc) is 2.87. The molecule has 0 radical (unpaired) electrons. The zero-order chi connectivity index (χ0) is 18.5. The van der Waals surface area contributed by atoms with E-state index in [0.717, 1.165) is 11.3 Å². The Morgan fingerprint density at radius 1 is 1.35 bits per heavy atom. The first-order chi connectivity index (χ1) is 12.6. The summed E-state index contributed by atoms with van der Waals surface area (Å²) in [4.78, 5) is 15.6. The van der Waals surface area contributed by atoms with Crippen LogP contribution in [0, 0.1) is 29.6 Å². The van der Waals surface area contributed by atoms with Gasteiger partial charge in [-0.2, -0.15) is 0 Å². The number of aliphatic hydroxyl groups excluding tert-OH is 2. The maximum Gasteiger partial charge on any atom is 0.303 e. The minimum Gasteiger partial charge on any atom is -0.481 e. The summed E-state index contributed by atoms with van der Waals surface area (Å²) >= 11 is 0. The molecule has 2 saturated carbocycles. The molecule has 2 aliphatic carbocycles. The topological polar surface area (TPSA) is 99.4 Å². The van der Waals surface area contributed by atoms with E-state index in [2.05, 4.69) is 17.0 Å². The molecule has 0 saturated heterocycles. The molecule has 3 rings (SSSR count). The number of carboxylic acids is 1. The van der Waals surface area contributed by atoms with Crippen LogP contribution in [0.1, 0.15) is 37.4 Å². The van der Waals surface area contributed by atoms with Crippen molar-refractivity contribution in [2.45, 2.75) is 37.9 Å². The highest BCUT2D eigenvalue weighted by molar-refractivity contribution is 5.93. The molecule has 5 atom stereocenters. The second-order valence-electron chi connectivity index (χ2n) is 6.82. The number of nitrogens with zero attached hydrogens (tertiary/aromatic N) is 1. The summed E-state index contributed by atoms with van der Waals surface area (Å²) in [7, 11) is 0. The van der Waals surface area contributed by atoms with Gasteiger partial charge in [-0.1, -0.05) is 47.3 Å². The van der Waals surface area contributed by atoms with Crippen molar-refractivity contribution >= 4 is 11.7 Å². The normalized spacial score (nSPS) is 29.2. The van der Waals surface area contributed by atoms with E-state index < -0.39 is 18.2 Å². The third-order valence-electron chi connectivity index (χ3n) is 5.08. The van der Waals surface area contributed by atoms with Crippen LogP contribution in [-0.4, -0.2) is 39.7 Å². The Morgan fingerprint density at radius 2 is 2.12 bits per heavy atom. The number of benzene rings is 1. The van der Waals surface area contributed by atoms with Crippen molar-refractivity contribution in [1.29, 1.82) is 0 Å². The van der Waals surface area contributed by atoms with Crippen molar-refractivity contribution in [2.24, 2.45) is 22.9 Å². The molecule has 0 amide bonds. The van der Waals surface area contributed by atoms with Crippen molar-refractivity contribution in [2.75, 3.05) is 6.61 Å². The van der Waals surface area contributed by atoms with Gasteiger partial charge in [0, 0.05) is 18.3 Å². The van der Waals surface area contributed by atoms with E-state index in [-0.39, 0.29) is 30.8 Å². The number of aliphatic hydroxyl groups is 2. The predicted molar refractivity (Wildman–Crippen MR) is 95.1 cm³/mol. The number of oxime groups is 1. The first kappa shape index (κ1) is 18.4. The zero-order valence-electron chi connectivity index (χ0n) is 14.4. The molecule has 2 aliphatic rings. The van der Waals surface area contributed by atoms with E-state index in [1.807, 2.05) is 30.3 Å². The number of fused-ring (bicyclic) bond motifs is 1. The van der Waals surface area contributed by atoms with Crippen molar-refractivity contribution in [3.05, 3.63) is 35.9 Å². The number of carboxylic acid groups (broad SMARTS) is 1. The van der Waals surface area contributed by atoms with E-state index in [9.17, 15) is 15.0 Å². The Bertz CT molecular complexity index is 721. The molecule has 0 spiro atoms. The lowest BCUT2D eigenvalue weighted by molar-refractivity contribution is -0.137. The predicted octanol–water partition coefficient (Wildman–Crippen LogP) is 1.98. The summed E-state index contributed by atoms with van der Waals surface area (Å²) < 4.78 is 0. The zero-order valence-corrected chi connectivity index (χ0v) is 14.4. The number of rotatable bonds is 6. The third kappa shape index (κ3) is 4.24. The van der Waals surface area contributed by atoms with Gasteiger partial charge >= 0.3 is 5.97 Å². The first-order valence-corrected chi connectivity index (χ1v) is 8.89. The van der Waals surface area contributed by atoms with Crippen LogP contribution in [0.2, 0.25) is 0 Å². The molecule has 6 heteroatoms. The van der Waals surface area contributed by atoms with Crippen molar-refractivity contribution in [1.82, 2.24) is 0 Å². The van der Waals surface area contributed by atoms with E-state index >= 15 is 0 Å². The fourth-order valence-corrected chi connectivity index (χ4v) is 3.57. The van der Waals surface area contributed by atoms with Crippen molar-refractivity contribution < 1.29 is 25.0 Å². The van der Waals surface area contributed by atoms with Gasteiger partial charge in [0.2, 0.25) is 0 Å². The van der Waals surface area contributed by atoms with Crippen LogP contribution in [0.25, 0.3) is 0 Å². The standard InChI is InChI=1S/C20H23NO5/c22-18(13-5-2-1-3-6-13)9-8-14-11-15-16(20(14)25)12-17(15)21-26-10-4-7-19(23)24/h1-3,5-6,14-16,18,20,22,25H,4,7,10-12H2,(H,23,24). The van der Waals surface area contributed by atoms with E-state index in [4.69, 9.17) is 9.94 Å². The molecular weight excluding hydrogens is 334 g/mol. The van der Waals surface area contributed by atoms with Gasteiger partial charge in [0.25, 0.3) is 0 Å². The van der Waals surface area contributed by atoms with Crippen LogP contribution in [0.5, 0.6) is 0 Å². The molecule has 26 heavy (non-hydrogen) atoms. The summed E-state index contributed by atoms with van der Waals surface area (Å²) in [5.74, 6) is 5.16. The molecule has 2 fully saturated rings. The largest absolute Gasteiger partial charge is 0.481 e. The lowest BCUT2D eigenvalue weighted by Gasteiger charge is -2.33. The molecule has 0 heterocycles. The molecule has 0 aliphatic heterocycles. The van der Waals surface area contributed by atoms with Gasteiger partial charge < -0.3 is 20.2 Å². The Labute approximate surface area is 152 Å². The maximum absolute atomic E-state index is 10.4.